The summed E-state index contributed by atoms with van der Waals surface area (Å²) < 4.78 is 29.8. The number of imidazole rings is 1. The lowest BCUT2D eigenvalue weighted by Gasteiger charge is -2.13. The topological polar surface area (TPSA) is 100 Å². The Morgan fingerprint density at radius 1 is 1.39 bits per heavy atom. The minimum Gasteiger partial charge on any atom is -0.381 e. The molecule has 1 aliphatic rings. The second-order valence-electron chi connectivity index (χ2n) is 7.48. The van der Waals surface area contributed by atoms with Crippen LogP contribution in [-0.2, 0) is 4.79 Å². The molecule has 31 heavy (non-hydrogen) atoms. The third-order valence-corrected chi connectivity index (χ3v) is 5.60. The van der Waals surface area contributed by atoms with Gasteiger partial charge < -0.3 is 15.0 Å². The first kappa shape index (κ1) is 19.7. The number of benzene rings is 1. The van der Waals surface area contributed by atoms with E-state index >= 15 is 4.39 Å². The van der Waals surface area contributed by atoms with E-state index in [1.165, 1.54) is 6.20 Å². The largest absolute Gasteiger partial charge is 0.381 e. The number of fused-ring (bicyclic) bond motifs is 2. The molecule has 4 aromatic rings. The van der Waals surface area contributed by atoms with Gasteiger partial charge in [0, 0.05) is 23.7 Å². The molecule has 3 aromatic heterocycles. The van der Waals surface area contributed by atoms with E-state index < -0.39 is 23.8 Å². The number of H-pyrrole nitrogens is 1. The van der Waals surface area contributed by atoms with Crippen LogP contribution in [0.2, 0.25) is 5.02 Å². The second-order valence-corrected chi connectivity index (χ2v) is 7.85. The molecule has 2 atom stereocenters. The van der Waals surface area contributed by atoms with Gasteiger partial charge >= 0.3 is 0 Å². The third kappa shape index (κ3) is 3.36. The number of amides is 1. The van der Waals surface area contributed by atoms with Crippen LogP contribution in [-0.4, -0.2) is 43.2 Å². The maximum absolute atomic E-state index is 15.1. The summed E-state index contributed by atoms with van der Waals surface area (Å²) >= 11 is 6.41. The van der Waals surface area contributed by atoms with Crippen LogP contribution in [0.25, 0.3) is 27.8 Å². The van der Waals surface area contributed by atoms with E-state index in [1.807, 2.05) is 6.92 Å². The van der Waals surface area contributed by atoms with Crippen molar-refractivity contribution in [3.05, 3.63) is 35.6 Å². The fourth-order valence-corrected chi connectivity index (χ4v) is 3.82. The molecule has 1 aliphatic carbocycles. The number of hydrogen-bond donors (Lipinski definition) is 3. The first-order valence-corrected chi connectivity index (χ1v) is 10.2. The fraction of sp³-hybridized carbons (Fsp3) is 0.300. The monoisotopic (exact) mass is 445 g/mol. The Balaban J connectivity index is 1.55. The number of carbonyl (C=O) groups is 1. The molecule has 1 saturated carbocycles. The number of halogens is 3. The van der Waals surface area contributed by atoms with Gasteiger partial charge in [-0.2, -0.15) is 5.10 Å². The van der Waals surface area contributed by atoms with Gasteiger partial charge in [0.1, 0.15) is 6.17 Å². The maximum Gasteiger partial charge on any atom is 0.231 e. The number of aromatic nitrogens is 5. The normalized spacial score (nSPS) is 17.9. The molecule has 160 valence electrons. The first-order valence-electron chi connectivity index (χ1n) is 9.86. The number of aromatic amines is 1. The van der Waals surface area contributed by atoms with Crippen molar-refractivity contribution in [1.29, 1.82) is 0 Å². The number of nitrogens with one attached hydrogen (secondary N) is 3. The van der Waals surface area contributed by atoms with E-state index in [9.17, 15) is 9.18 Å². The van der Waals surface area contributed by atoms with Crippen LogP contribution >= 0.6 is 11.6 Å². The van der Waals surface area contributed by atoms with Crippen LogP contribution in [0.15, 0.2) is 24.8 Å². The van der Waals surface area contributed by atoms with E-state index in [0.29, 0.717) is 34.4 Å². The highest BCUT2D eigenvalue weighted by Crippen LogP contribution is 2.40. The molecule has 0 radical (unpaired) electrons. The van der Waals surface area contributed by atoms with Gasteiger partial charge in [-0.25, -0.2) is 13.8 Å². The summed E-state index contributed by atoms with van der Waals surface area (Å²) in [6.45, 7) is 2.56. The van der Waals surface area contributed by atoms with Crippen molar-refractivity contribution in [1.82, 2.24) is 24.6 Å². The van der Waals surface area contributed by atoms with Gasteiger partial charge in [-0.15, -0.1) is 0 Å². The summed E-state index contributed by atoms with van der Waals surface area (Å²) in [6.07, 6.45) is 6.25. The van der Waals surface area contributed by atoms with E-state index in [2.05, 4.69) is 30.8 Å². The molecule has 3 heterocycles. The Morgan fingerprint density at radius 2 is 2.19 bits per heavy atom. The van der Waals surface area contributed by atoms with Crippen LogP contribution < -0.4 is 10.6 Å². The van der Waals surface area contributed by atoms with Gasteiger partial charge in [-0.05, 0) is 12.8 Å². The van der Waals surface area contributed by atoms with Crippen molar-refractivity contribution in [2.75, 3.05) is 17.2 Å². The Hall–Kier alpha value is -3.27. The summed E-state index contributed by atoms with van der Waals surface area (Å²) in [5, 5.41) is 13.1. The molecule has 1 aromatic carbocycles. The van der Waals surface area contributed by atoms with Crippen LogP contribution in [0.4, 0.5) is 20.3 Å². The van der Waals surface area contributed by atoms with E-state index in [-0.39, 0.29) is 22.9 Å². The predicted octanol–water partition coefficient (Wildman–Crippen LogP) is 4.18. The summed E-state index contributed by atoms with van der Waals surface area (Å²) in [5.41, 5.74) is 2.03. The number of anilines is 2. The first-order chi connectivity index (χ1) is 15.0. The summed E-state index contributed by atoms with van der Waals surface area (Å²) in [5.74, 6) is -1.32. The third-order valence-electron chi connectivity index (χ3n) is 5.24. The molecule has 1 fully saturated rings. The average molecular weight is 446 g/mol. The van der Waals surface area contributed by atoms with E-state index in [4.69, 9.17) is 11.6 Å². The highest BCUT2D eigenvalue weighted by atomic mass is 35.5. The van der Waals surface area contributed by atoms with Crippen molar-refractivity contribution >= 4 is 45.6 Å². The van der Waals surface area contributed by atoms with Gasteiger partial charge in [0.25, 0.3) is 0 Å². The van der Waals surface area contributed by atoms with Crippen LogP contribution in [0.1, 0.15) is 19.8 Å². The van der Waals surface area contributed by atoms with E-state index in [0.717, 1.165) is 6.42 Å². The molecule has 0 unspecified atom stereocenters. The van der Waals surface area contributed by atoms with Crippen LogP contribution in [0.5, 0.6) is 0 Å². The number of nitrogens with zero attached hydrogens (tertiary/aromatic N) is 4. The highest BCUT2D eigenvalue weighted by molar-refractivity contribution is 6.35. The minimum absolute atomic E-state index is 0.0734. The lowest BCUT2D eigenvalue weighted by molar-refractivity contribution is -0.117. The van der Waals surface area contributed by atoms with Crippen molar-refractivity contribution in [2.24, 2.45) is 5.92 Å². The Morgan fingerprint density at radius 3 is 2.94 bits per heavy atom. The fourth-order valence-electron chi connectivity index (χ4n) is 3.52. The smallest absolute Gasteiger partial charge is 0.231 e. The molecule has 0 aliphatic heterocycles. The van der Waals surface area contributed by atoms with E-state index in [1.54, 1.807) is 23.0 Å². The summed E-state index contributed by atoms with van der Waals surface area (Å²) in [4.78, 5) is 20.6. The van der Waals surface area contributed by atoms with Gasteiger partial charge in [-0.1, -0.05) is 18.5 Å². The van der Waals surface area contributed by atoms with Gasteiger partial charge in [0.15, 0.2) is 17.3 Å². The summed E-state index contributed by atoms with van der Waals surface area (Å²) in [7, 11) is 0. The molecule has 0 bridgehead atoms. The molecule has 11 heteroatoms. The van der Waals surface area contributed by atoms with Crippen LogP contribution in [0, 0.1) is 11.7 Å². The van der Waals surface area contributed by atoms with Gasteiger partial charge in [-0.3, -0.25) is 14.9 Å². The number of hydrogen-bond acceptors (Lipinski definition) is 5. The average Bonchev–Trinajstić information content (AvgIpc) is 3.12. The lowest BCUT2D eigenvalue weighted by Crippen LogP contribution is -2.15. The lowest BCUT2D eigenvalue weighted by atomic mass is 10.1. The molecule has 5 rings (SSSR count). The quantitative estimate of drug-likeness (QED) is 0.413. The molecular formula is C20H18ClF2N7O. The second kappa shape index (κ2) is 7.45. The van der Waals surface area contributed by atoms with Crippen molar-refractivity contribution < 1.29 is 13.6 Å². The van der Waals surface area contributed by atoms with Gasteiger partial charge in [0.05, 0.1) is 46.4 Å². The highest BCUT2D eigenvalue weighted by Gasteiger charge is 2.43. The molecule has 1 amide bonds. The zero-order valence-corrected chi connectivity index (χ0v) is 17.2. The molecular weight excluding hydrogens is 428 g/mol. The Labute approximate surface area is 180 Å². The predicted molar refractivity (Wildman–Crippen MR) is 113 cm³/mol. The summed E-state index contributed by atoms with van der Waals surface area (Å²) in [6, 6.07) is 0. The zero-order valence-electron chi connectivity index (χ0n) is 16.4. The van der Waals surface area contributed by atoms with Crippen molar-refractivity contribution in [3.8, 4) is 11.3 Å². The number of rotatable bonds is 6. The van der Waals surface area contributed by atoms with Gasteiger partial charge in [0.2, 0.25) is 5.91 Å². The molecule has 0 spiro atoms. The minimum atomic E-state index is -1.09. The Bertz CT molecular complexity index is 1320. The van der Waals surface area contributed by atoms with Crippen molar-refractivity contribution in [3.63, 3.8) is 0 Å². The standard InChI is InChI=1S/C20H18ClF2N7O/c1-2-3-24-19-17(23)16(21)15(10-5-26-29-18(10)19)12-7-30-8-13(27-14(30)6-25-12)28-20(31)9-4-11(9)22/h5-9,11,24H,2-4H2,1H3,(H,26,29)(H,28,31)/t9-,11+/m1/s1. The molecule has 3 N–H and O–H groups in total. The number of alkyl halides is 1. The maximum atomic E-state index is 15.1. The Kier molecular flexibility index (Phi) is 4.73. The SMILES string of the molecule is CCCNc1c(F)c(Cl)c(-c2cn3cc(NC(=O)[C@@H]4C[C@@H]4F)nc3cn2)c2cn[nH]c12. The van der Waals surface area contributed by atoms with Crippen molar-refractivity contribution in [2.45, 2.75) is 25.9 Å². The molecule has 8 nitrogen and oxygen atoms in total. The number of carbonyl (C=O) groups excluding carboxylic acids is 1. The molecule has 0 saturated heterocycles. The van der Waals surface area contributed by atoms with Crippen LogP contribution in [0.3, 0.4) is 0 Å². The zero-order chi connectivity index (χ0) is 21.7.